The molecule has 0 aliphatic heterocycles. The molecule has 0 aliphatic carbocycles. The number of hydrogen-bond donors (Lipinski definition) is 5. The van der Waals surface area contributed by atoms with E-state index in [-0.39, 0.29) is 41.6 Å². The molecular formula is C45H85N5O5. The van der Waals surface area contributed by atoms with Gasteiger partial charge in [-0.1, -0.05) is 116 Å². The number of ketones is 2. The van der Waals surface area contributed by atoms with E-state index < -0.39 is 12.0 Å². The van der Waals surface area contributed by atoms with Crippen molar-refractivity contribution < 1.29 is 24.0 Å². The Balaban J connectivity index is 4.52. The van der Waals surface area contributed by atoms with E-state index in [1.165, 1.54) is 25.7 Å². The Kier molecular flexibility index (Phi) is 36.5. The fourth-order valence-corrected chi connectivity index (χ4v) is 7.03. The van der Waals surface area contributed by atoms with E-state index in [0.717, 1.165) is 128 Å². The van der Waals surface area contributed by atoms with Gasteiger partial charge in [0.25, 0.3) is 0 Å². The lowest BCUT2D eigenvalue weighted by Gasteiger charge is -2.21. The van der Waals surface area contributed by atoms with Crippen molar-refractivity contribution in [1.29, 1.82) is 0 Å². The highest BCUT2D eigenvalue weighted by molar-refractivity contribution is 5.92. The quantitative estimate of drug-likeness (QED) is 0.0304. The predicted octanol–water partition coefficient (Wildman–Crippen LogP) is 8.66. The van der Waals surface area contributed by atoms with Crippen LogP contribution in [0.15, 0.2) is 12.2 Å². The summed E-state index contributed by atoms with van der Waals surface area (Å²) >= 11 is 0. The van der Waals surface area contributed by atoms with Gasteiger partial charge >= 0.3 is 0 Å². The fourth-order valence-electron chi connectivity index (χ4n) is 7.03. The summed E-state index contributed by atoms with van der Waals surface area (Å²) in [5.41, 5.74) is 17.0. The van der Waals surface area contributed by atoms with E-state index in [4.69, 9.17) is 17.2 Å². The Labute approximate surface area is 336 Å². The SMILES string of the molecule is CCCCCC/C=C\CCCC(=O)NC(CCCCN)C(=O)CC(CCCCN)C(=O)NCCCCCCCCCCCC(=O)CC(CCCCC)C(N)=O. The van der Waals surface area contributed by atoms with Crippen LogP contribution in [-0.4, -0.2) is 55.0 Å². The number of hydrogen-bond acceptors (Lipinski definition) is 7. The van der Waals surface area contributed by atoms with Crippen LogP contribution in [0.2, 0.25) is 0 Å². The molecule has 0 aromatic rings. The third-order valence-electron chi connectivity index (χ3n) is 10.6. The van der Waals surface area contributed by atoms with Gasteiger partial charge in [-0.15, -0.1) is 0 Å². The molecule has 0 rings (SSSR count). The molecule has 3 unspecified atom stereocenters. The maximum Gasteiger partial charge on any atom is 0.223 e. The molecule has 55 heavy (non-hydrogen) atoms. The lowest BCUT2D eigenvalue weighted by molar-refractivity contribution is -0.132. The number of nitrogens with two attached hydrogens (primary N) is 3. The van der Waals surface area contributed by atoms with Gasteiger partial charge in [0.15, 0.2) is 5.78 Å². The summed E-state index contributed by atoms with van der Waals surface area (Å²) in [6.07, 6.45) is 30.9. The number of Topliss-reactive ketones (excluding diaryl/α,β-unsaturated/α-hetero) is 2. The molecule has 0 saturated heterocycles. The van der Waals surface area contributed by atoms with Crippen LogP contribution in [0.4, 0.5) is 0 Å². The van der Waals surface area contributed by atoms with Crippen LogP contribution in [-0.2, 0) is 24.0 Å². The maximum atomic E-state index is 13.5. The van der Waals surface area contributed by atoms with Crippen LogP contribution in [0.1, 0.15) is 206 Å². The number of carbonyl (C=O) groups excluding carboxylic acids is 5. The van der Waals surface area contributed by atoms with E-state index in [1.807, 2.05) is 0 Å². The summed E-state index contributed by atoms with van der Waals surface area (Å²) < 4.78 is 0. The Morgan fingerprint density at radius 1 is 0.545 bits per heavy atom. The van der Waals surface area contributed by atoms with Crippen LogP contribution in [0.5, 0.6) is 0 Å². The van der Waals surface area contributed by atoms with E-state index >= 15 is 0 Å². The number of carbonyl (C=O) groups is 5. The number of primary amides is 1. The molecule has 0 aromatic carbocycles. The highest BCUT2D eigenvalue weighted by Crippen LogP contribution is 2.19. The lowest BCUT2D eigenvalue weighted by Crippen LogP contribution is -2.43. The van der Waals surface area contributed by atoms with Crippen LogP contribution in [0, 0.1) is 11.8 Å². The molecule has 0 bridgehead atoms. The highest BCUT2D eigenvalue weighted by atomic mass is 16.2. The van der Waals surface area contributed by atoms with Crippen molar-refractivity contribution in [2.75, 3.05) is 19.6 Å². The zero-order chi connectivity index (χ0) is 40.8. The molecule has 0 aromatic heterocycles. The van der Waals surface area contributed by atoms with Gasteiger partial charge in [-0.05, 0) is 90.1 Å². The van der Waals surface area contributed by atoms with E-state index in [9.17, 15) is 24.0 Å². The minimum absolute atomic E-state index is 0.0774. The standard InChI is InChI=1S/C45H85N5O5/c1-3-5-7-8-9-11-15-18-22-32-43(53)50-41(31-24-26-34-47)42(52)37-39(29-23-25-33-46)45(55)49-35-27-19-16-13-10-12-14-17-21-30-40(51)36-38(44(48)54)28-20-6-4-2/h11,15,38-39,41H,3-10,12-14,16-37,46-47H2,1-2H3,(H2,48,54)(H,49,55)(H,50,53)/b15-11-. The summed E-state index contributed by atoms with van der Waals surface area (Å²) in [5.74, 6) is -1.20. The van der Waals surface area contributed by atoms with Crippen LogP contribution in [0.25, 0.3) is 0 Å². The van der Waals surface area contributed by atoms with Crippen molar-refractivity contribution in [3.63, 3.8) is 0 Å². The Morgan fingerprint density at radius 3 is 1.69 bits per heavy atom. The Morgan fingerprint density at radius 2 is 1.07 bits per heavy atom. The van der Waals surface area contributed by atoms with Gasteiger partial charge in [0.1, 0.15) is 5.78 Å². The topological polar surface area (TPSA) is 187 Å². The molecular weight excluding hydrogens is 691 g/mol. The molecule has 10 nitrogen and oxygen atoms in total. The normalized spacial score (nSPS) is 13.1. The summed E-state index contributed by atoms with van der Waals surface area (Å²) in [6, 6.07) is -0.596. The molecule has 320 valence electrons. The third-order valence-corrected chi connectivity index (χ3v) is 10.6. The minimum Gasteiger partial charge on any atom is -0.369 e. The van der Waals surface area contributed by atoms with Gasteiger partial charge in [-0.3, -0.25) is 24.0 Å². The van der Waals surface area contributed by atoms with Crippen molar-refractivity contribution in [2.24, 2.45) is 29.0 Å². The predicted molar refractivity (Wildman–Crippen MR) is 228 cm³/mol. The van der Waals surface area contributed by atoms with Gasteiger partial charge < -0.3 is 27.8 Å². The number of nitrogens with one attached hydrogen (secondary N) is 2. The summed E-state index contributed by atoms with van der Waals surface area (Å²) in [5, 5.41) is 6.08. The van der Waals surface area contributed by atoms with E-state index in [1.54, 1.807) is 0 Å². The van der Waals surface area contributed by atoms with Crippen molar-refractivity contribution in [2.45, 2.75) is 213 Å². The number of rotatable bonds is 41. The second-order valence-corrected chi connectivity index (χ2v) is 15.8. The van der Waals surface area contributed by atoms with E-state index in [2.05, 4.69) is 36.6 Å². The first kappa shape index (κ1) is 52.4. The summed E-state index contributed by atoms with van der Waals surface area (Å²) in [7, 11) is 0. The first-order valence-electron chi connectivity index (χ1n) is 22.7. The molecule has 3 atom stereocenters. The molecule has 0 aliphatic rings. The van der Waals surface area contributed by atoms with Crippen molar-refractivity contribution in [3.05, 3.63) is 12.2 Å². The second kappa shape index (κ2) is 38.3. The van der Waals surface area contributed by atoms with Gasteiger partial charge in [0.2, 0.25) is 17.7 Å². The molecule has 0 fully saturated rings. The Hall–Kier alpha value is -2.59. The van der Waals surface area contributed by atoms with Gasteiger partial charge in [-0.2, -0.15) is 0 Å². The van der Waals surface area contributed by atoms with Crippen LogP contribution >= 0.6 is 0 Å². The van der Waals surface area contributed by atoms with E-state index in [0.29, 0.717) is 51.7 Å². The van der Waals surface area contributed by atoms with Gasteiger partial charge in [-0.25, -0.2) is 0 Å². The Bertz CT molecular complexity index is 1020. The summed E-state index contributed by atoms with van der Waals surface area (Å²) in [4.78, 5) is 63.7. The molecule has 10 heteroatoms. The largest absolute Gasteiger partial charge is 0.369 e. The van der Waals surface area contributed by atoms with Crippen molar-refractivity contribution >= 4 is 29.3 Å². The molecule has 0 saturated carbocycles. The second-order valence-electron chi connectivity index (χ2n) is 15.8. The molecule has 0 radical (unpaired) electrons. The van der Waals surface area contributed by atoms with Crippen molar-refractivity contribution in [1.82, 2.24) is 10.6 Å². The molecule has 8 N–H and O–H groups in total. The molecule has 0 spiro atoms. The fraction of sp³-hybridized carbons (Fsp3) is 0.844. The van der Waals surface area contributed by atoms with Crippen molar-refractivity contribution in [3.8, 4) is 0 Å². The average Bonchev–Trinajstić information content (AvgIpc) is 3.16. The average molecular weight is 776 g/mol. The smallest absolute Gasteiger partial charge is 0.223 e. The maximum absolute atomic E-state index is 13.5. The number of unbranched alkanes of at least 4 members (excludes halogenated alkanes) is 17. The zero-order valence-electron chi connectivity index (χ0n) is 35.5. The van der Waals surface area contributed by atoms with Gasteiger partial charge in [0.05, 0.1) is 6.04 Å². The summed E-state index contributed by atoms with van der Waals surface area (Å²) in [6.45, 7) is 6.00. The van der Waals surface area contributed by atoms with Crippen LogP contribution in [0.3, 0.4) is 0 Å². The lowest BCUT2D eigenvalue weighted by atomic mass is 9.91. The monoisotopic (exact) mass is 776 g/mol. The first-order valence-corrected chi connectivity index (χ1v) is 22.7. The van der Waals surface area contributed by atoms with Gasteiger partial charge in [0, 0.05) is 44.1 Å². The number of allylic oxidation sites excluding steroid dienone is 2. The molecule has 0 heterocycles. The van der Waals surface area contributed by atoms with Crippen LogP contribution < -0.4 is 27.8 Å². The zero-order valence-corrected chi connectivity index (χ0v) is 35.5. The third kappa shape index (κ3) is 32.2. The number of amides is 3. The first-order chi connectivity index (χ1) is 26.7. The highest BCUT2D eigenvalue weighted by Gasteiger charge is 2.27. The minimum atomic E-state index is -0.596. The molecule has 3 amide bonds.